The summed E-state index contributed by atoms with van der Waals surface area (Å²) in [5.74, 6) is -1.45. The number of nitrogens with one attached hydrogen (secondary N) is 1. The van der Waals surface area contributed by atoms with Gasteiger partial charge in [-0.2, -0.15) is 0 Å². The van der Waals surface area contributed by atoms with Crippen molar-refractivity contribution in [1.29, 1.82) is 0 Å². The van der Waals surface area contributed by atoms with Crippen molar-refractivity contribution >= 4 is 11.7 Å². The molecule has 1 fully saturated rings. The zero-order valence-electron chi connectivity index (χ0n) is 13.7. The van der Waals surface area contributed by atoms with E-state index in [-0.39, 0.29) is 18.4 Å². The second-order valence-corrected chi connectivity index (χ2v) is 5.66. The number of amides is 1. The predicted molar refractivity (Wildman–Crippen MR) is 86.9 cm³/mol. The van der Waals surface area contributed by atoms with E-state index >= 15 is 0 Å². The number of anilines is 1. The molecule has 3 rings (SSSR count). The Morgan fingerprint density at radius 1 is 1.32 bits per heavy atom. The van der Waals surface area contributed by atoms with Crippen molar-refractivity contribution in [3.63, 3.8) is 0 Å². The van der Waals surface area contributed by atoms with Crippen LogP contribution in [-0.2, 0) is 16.0 Å². The molecule has 0 saturated carbocycles. The number of carbonyl (C=O) groups is 1. The van der Waals surface area contributed by atoms with Crippen LogP contribution in [-0.4, -0.2) is 47.5 Å². The molecule has 1 aliphatic rings. The monoisotopic (exact) mass is 348 g/mol. The first-order chi connectivity index (χ1) is 12.1. The highest BCUT2D eigenvalue weighted by molar-refractivity contribution is 5.79. The molecule has 0 bridgehead atoms. The molecule has 1 saturated heterocycles. The minimum Gasteiger partial charge on any atom is -0.372 e. The Bertz CT molecular complexity index is 772. The van der Waals surface area contributed by atoms with Crippen molar-refractivity contribution in [1.82, 2.24) is 14.9 Å². The molecule has 1 N–H and O–H groups in total. The number of rotatable bonds is 4. The summed E-state index contributed by atoms with van der Waals surface area (Å²) in [6.45, 7) is 1.14. The van der Waals surface area contributed by atoms with Crippen LogP contribution in [0, 0.1) is 11.6 Å². The fourth-order valence-electron chi connectivity index (χ4n) is 2.75. The second-order valence-electron chi connectivity index (χ2n) is 5.66. The van der Waals surface area contributed by atoms with E-state index in [1.54, 1.807) is 24.3 Å². The molecule has 0 spiro atoms. The van der Waals surface area contributed by atoms with E-state index in [9.17, 15) is 13.6 Å². The van der Waals surface area contributed by atoms with Crippen molar-refractivity contribution in [3.8, 4) is 0 Å². The van der Waals surface area contributed by atoms with Crippen molar-refractivity contribution in [3.05, 3.63) is 53.5 Å². The highest BCUT2D eigenvalue weighted by Gasteiger charge is 2.28. The normalized spacial score (nSPS) is 17.4. The molecule has 0 radical (unpaired) electrons. The van der Waals surface area contributed by atoms with Crippen LogP contribution in [0.25, 0.3) is 0 Å². The molecule has 1 aromatic carbocycles. The Balaban J connectivity index is 1.70. The number of aromatic nitrogens is 2. The molecular formula is C17H18F2N4O2. The average Bonchev–Trinajstić information content (AvgIpc) is 2.64. The summed E-state index contributed by atoms with van der Waals surface area (Å²) in [5.41, 5.74) is 1.07. The topological polar surface area (TPSA) is 67.4 Å². The van der Waals surface area contributed by atoms with Gasteiger partial charge in [0.15, 0.2) is 11.6 Å². The molecule has 1 aromatic heterocycles. The number of carbonyl (C=O) groups excluding carboxylic acids is 1. The first kappa shape index (κ1) is 17.2. The van der Waals surface area contributed by atoms with Crippen LogP contribution in [0.1, 0.15) is 17.4 Å². The van der Waals surface area contributed by atoms with Gasteiger partial charge in [0.1, 0.15) is 17.6 Å². The number of ether oxygens (including phenoxy) is 1. The number of hydrogen-bond acceptors (Lipinski definition) is 5. The number of nitrogens with zero attached hydrogens (tertiary/aromatic N) is 3. The summed E-state index contributed by atoms with van der Waals surface area (Å²) in [6.07, 6.45) is 2.76. The van der Waals surface area contributed by atoms with Gasteiger partial charge in [-0.1, -0.05) is 6.07 Å². The first-order valence-electron chi connectivity index (χ1n) is 7.90. The maximum atomic E-state index is 13.3. The van der Waals surface area contributed by atoms with Crippen LogP contribution in [0.3, 0.4) is 0 Å². The summed E-state index contributed by atoms with van der Waals surface area (Å²) in [7, 11) is 1.74. The summed E-state index contributed by atoms with van der Waals surface area (Å²) in [6, 6.07) is 3.49. The average molecular weight is 348 g/mol. The van der Waals surface area contributed by atoms with E-state index in [2.05, 4.69) is 15.3 Å². The minimum atomic E-state index is -0.955. The van der Waals surface area contributed by atoms with Crippen molar-refractivity contribution < 1.29 is 18.3 Å². The summed E-state index contributed by atoms with van der Waals surface area (Å²) >= 11 is 0. The van der Waals surface area contributed by atoms with Gasteiger partial charge in [-0.15, -0.1) is 0 Å². The van der Waals surface area contributed by atoms with Gasteiger partial charge in [-0.05, 0) is 17.7 Å². The van der Waals surface area contributed by atoms with Gasteiger partial charge in [0, 0.05) is 26.0 Å². The molecule has 132 valence electrons. The van der Waals surface area contributed by atoms with E-state index in [4.69, 9.17) is 4.74 Å². The predicted octanol–water partition coefficient (Wildman–Crippen LogP) is 1.94. The van der Waals surface area contributed by atoms with E-state index < -0.39 is 11.6 Å². The Morgan fingerprint density at radius 3 is 2.88 bits per heavy atom. The molecule has 6 nitrogen and oxygen atoms in total. The highest BCUT2D eigenvalue weighted by atomic mass is 19.2. The largest absolute Gasteiger partial charge is 0.372 e. The summed E-state index contributed by atoms with van der Waals surface area (Å²) < 4.78 is 32.0. The summed E-state index contributed by atoms with van der Waals surface area (Å²) in [4.78, 5) is 22.6. The Morgan fingerprint density at radius 2 is 2.12 bits per heavy atom. The highest BCUT2D eigenvalue weighted by Crippen LogP contribution is 2.25. The molecule has 2 aromatic rings. The smallest absolute Gasteiger partial charge is 0.227 e. The molecule has 8 heteroatoms. The van der Waals surface area contributed by atoms with E-state index in [1.165, 1.54) is 6.07 Å². The van der Waals surface area contributed by atoms with E-state index in [1.807, 2.05) is 0 Å². The van der Waals surface area contributed by atoms with Crippen LogP contribution in [0.4, 0.5) is 14.6 Å². The molecule has 1 unspecified atom stereocenters. The second kappa shape index (κ2) is 7.52. The summed E-state index contributed by atoms with van der Waals surface area (Å²) in [5, 5.41) is 2.95. The zero-order chi connectivity index (χ0) is 17.8. The molecular weight excluding hydrogens is 330 g/mol. The van der Waals surface area contributed by atoms with Crippen LogP contribution >= 0.6 is 0 Å². The Hall–Kier alpha value is -2.61. The fraction of sp³-hybridized carbons (Fsp3) is 0.353. The number of benzene rings is 1. The van der Waals surface area contributed by atoms with Crippen LogP contribution < -0.4 is 5.32 Å². The third kappa shape index (κ3) is 3.90. The van der Waals surface area contributed by atoms with Crippen LogP contribution in [0.5, 0.6) is 0 Å². The lowest BCUT2D eigenvalue weighted by Crippen LogP contribution is -2.43. The van der Waals surface area contributed by atoms with Crippen molar-refractivity contribution in [2.24, 2.45) is 0 Å². The standard InChI is InChI=1S/C17H18F2N4O2/c1-20-17-16(21-4-5-22-17)14-10-23(6-7-25-14)15(24)9-11-2-3-12(18)13(19)8-11/h2-5,8,14H,6-7,9-10H2,1H3,(H,20,22). The first-order valence-corrected chi connectivity index (χ1v) is 7.90. The maximum absolute atomic E-state index is 13.3. The van der Waals surface area contributed by atoms with Gasteiger partial charge in [0.05, 0.1) is 19.6 Å². The number of halogens is 2. The van der Waals surface area contributed by atoms with Gasteiger partial charge < -0.3 is 15.0 Å². The molecule has 25 heavy (non-hydrogen) atoms. The van der Waals surface area contributed by atoms with Crippen molar-refractivity contribution in [2.45, 2.75) is 12.5 Å². The van der Waals surface area contributed by atoms with Gasteiger partial charge in [-0.3, -0.25) is 9.78 Å². The number of morpholine rings is 1. The van der Waals surface area contributed by atoms with Gasteiger partial charge >= 0.3 is 0 Å². The lowest BCUT2D eigenvalue weighted by atomic mass is 10.1. The maximum Gasteiger partial charge on any atom is 0.227 e. The third-order valence-corrected chi connectivity index (χ3v) is 4.03. The lowest BCUT2D eigenvalue weighted by molar-refractivity contribution is -0.138. The van der Waals surface area contributed by atoms with Crippen LogP contribution in [0.15, 0.2) is 30.6 Å². The number of hydrogen-bond donors (Lipinski definition) is 1. The van der Waals surface area contributed by atoms with Crippen LogP contribution in [0.2, 0.25) is 0 Å². The fourth-order valence-corrected chi connectivity index (χ4v) is 2.75. The Labute approximate surface area is 143 Å². The van der Waals surface area contributed by atoms with E-state index in [0.717, 1.165) is 12.1 Å². The van der Waals surface area contributed by atoms with Gasteiger partial charge in [0.2, 0.25) is 5.91 Å². The van der Waals surface area contributed by atoms with Gasteiger partial charge in [-0.25, -0.2) is 13.8 Å². The SMILES string of the molecule is CNc1nccnc1C1CN(C(=O)Cc2ccc(F)c(F)c2)CCO1. The molecule has 1 atom stereocenters. The van der Waals surface area contributed by atoms with E-state index in [0.29, 0.717) is 36.8 Å². The molecule has 1 aliphatic heterocycles. The van der Waals surface area contributed by atoms with Gasteiger partial charge in [0.25, 0.3) is 0 Å². The quantitative estimate of drug-likeness (QED) is 0.915. The minimum absolute atomic E-state index is 0.00325. The molecule has 2 heterocycles. The Kier molecular flexibility index (Phi) is 5.18. The molecule has 1 amide bonds. The van der Waals surface area contributed by atoms with Crippen molar-refractivity contribution in [2.75, 3.05) is 32.1 Å². The lowest BCUT2D eigenvalue weighted by Gasteiger charge is -2.33. The zero-order valence-corrected chi connectivity index (χ0v) is 13.7. The molecule has 0 aliphatic carbocycles. The third-order valence-electron chi connectivity index (χ3n) is 4.03.